The second-order valence-corrected chi connectivity index (χ2v) is 5.91. The average Bonchev–Trinajstić information content (AvgIpc) is 2.39. The monoisotopic (exact) mass is 292 g/mol. The molecule has 1 unspecified atom stereocenters. The molecule has 20 heavy (non-hydrogen) atoms. The molecule has 0 aliphatic heterocycles. The molecule has 0 heterocycles. The summed E-state index contributed by atoms with van der Waals surface area (Å²) in [6.07, 6.45) is 3.79. The van der Waals surface area contributed by atoms with Crippen LogP contribution in [0.5, 0.6) is 0 Å². The third-order valence-electron chi connectivity index (χ3n) is 3.67. The van der Waals surface area contributed by atoms with Crippen molar-refractivity contribution >= 4 is 11.6 Å². The highest BCUT2D eigenvalue weighted by Crippen LogP contribution is 2.29. The van der Waals surface area contributed by atoms with Gasteiger partial charge in [-0.3, -0.25) is 4.90 Å². The normalized spacial score (nSPS) is 14.3. The van der Waals surface area contributed by atoms with Crippen LogP contribution in [0.15, 0.2) is 49.6 Å². The molecule has 2 N–H and O–H groups in total. The molecule has 2 nitrogen and oxygen atoms in total. The molecule has 0 aliphatic rings. The fourth-order valence-corrected chi connectivity index (χ4v) is 2.43. The Kier molecular flexibility index (Phi) is 6.47. The third kappa shape index (κ3) is 4.20. The van der Waals surface area contributed by atoms with Crippen molar-refractivity contribution in [2.24, 2.45) is 11.7 Å². The van der Waals surface area contributed by atoms with E-state index < -0.39 is 5.54 Å². The summed E-state index contributed by atoms with van der Waals surface area (Å²) in [6, 6.07) is 7.82. The van der Waals surface area contributed by atoms with Gasteiger partial charge in [0.05, 0.1) is 5.54 Å². The van der Waals surface area contributed by atoms with Gasteiger partial charge in [0, 0.05) is 24.7 Å². The summed E-state index contributed by atoms with van der Waals surface area (Å²) in [5.74, 6) is 0.306. The van der Waals surface area contributed by atoms with Crippen molar-refractivity contribution in [2.75, 3.05) is 19.6 Å². The highest BCUT2D eigenvalue weighted by molar-refractivity contribution is 6.30. The molecule has 0 aromatic heterocycles. The van der Waals surface area contributed by atoms with Crippen LogP contribution in [0.3, 0.4) is 0 Å². The Bertz CT molecular complexity index is 429. The van der Waals surface area contributed by atoms with E-state index in [4.69, 9.17) is 17.3 Å². The van der Waals surface area contributed by atoms with Gasteiger partial charge in [-0.05, 0) is 23.6 Å². The molecule has 0 aliphatic carbocycles. The minimum Gasteiger partial charge on any atom is -0.320 e. The Morgan fingerprint density at radius 1 is 1.20 bits per heavy atom. The summed E-state index contributed by atoms with van der Waals surface area (Å²) < 4.78 is 0. The number of hydrogen-bond acceptors (Lipinski definition) is 2. The van der Waals surface area contributed by atoms with Crippen LogP contribution in [0.4, 0.5) is 0 Å². The van der Waals surface area contributed by atoms with Crippen LogP contribution in [0.25, 0.3) is 0 Å². The van der Waals surface area contributed by atoms with E-state index in [1.54, 1.807) is 0 Å². The summed E-state index contributed by atoms with van der Waals surface area (Å²) in [5.41, 5.74) is 7.41. The van der Waals surface area contributed by atoms with Crippen molar-refractivity contribution in [1.82, 2.24) is 4.90 Å². The van der Waals surface area contributed by atoms with E-state index in [9.17, 15) is 0 Å². The first-order valence-electron chi connectivity index (χ1n) is 6.93. The van der Waals surface area contributed by atoms with E-state index in [1.807, 2.05) is 36.4 Å². The Balaban J connectivity index is 3.04. The van der Waals surface area contributed by atoms with Crippen molar-refractivity contribution in [3.63, 3.8) is 0 Å². The largest absolute Gasteiger partial charge is 0.320 e. The van der Waals surface area contributed by atoms with E-state index in [0.717, 1.165) is 30.2 Å². The van der Waals surface area contributed by atoms with E-state index in [-0.39, 0.29) is 0 Å². The Labute approximate surface area is 127 Å². The van der Waals surface area contributed by atoms with Gasteiger partial charge in [-0.15, -0.1) is 13.2 Å². The molecule has 0 fully saturated rings. The molecule has 0 saturated heterocycles. The SMILES string of the molecule is C=CCN(CC=C)CC(N)(c1ccc(Cl)cc1)C(C)C. The number of nitrogens with zero attached hydrogens (tertiary/aromatic N) is 1. The second-order valence-electron chi connectivity index (χ2n) is 5.47. The molecule has 0 radical (unpaired) electrons. The maximum atomic E-state index is 6.72. The van der Waals surface area contributed by atoms with E-state index in [2.05, 4.69) is 31.9 Å². The molecule has 3 heteroatoms. The summed E-state index contributed by atoms with van der Waals surface area (Å²) in [4.78, 5) is 2.24. The highest BCUT2D eigenvalue weighted by atomic mass is 35.5. The van der Waals surface area contributed by atoms with Gasteiger partial charge in [0.15, 0.2) is 0 Å². The molecule has 0 spiro atoms. The maximum absolute atomic E-state index is 6.72. The van der Waals surface area contributed by atoms with Gasteiger partial charge < -0.3 is 5.73 Å². The number of halogens is 1. The third-order valence-corrected chi connectivity index (χ3v) is 3.92. The van der Waals surface area contributed by atoms with Crippen LogP contribution in [0, 0.1) is 5.92 Å². The zero-order valence-electron chi connectivity index (χ0n) is 12.5. The van der Waals surface area contributed by atoms with Crippen LogP contribution >= 0.6 is 11.6 Å². The lowest BCUT2D eigenvalue weighted by molar-refractivity contribution is 0.197. The minimum absolute atomic E-state index is 0.306. The summed E-state index contributed by atoms with van der Waals surface area (Å²) in [5, 5.41) is 0.730. The number of rotatable bonds is 8. The molecule has 0 bridgehead atoms. The molecular weight excluding hydrogens is 268 g/mol. The first-order chi connectivity index (χ1) is 9.43. The van der Waals surface area contributed by atoms with Gasteiger partial charge >= 0.3 is 0 Å². The fourth-order valence-electron chi connectivity index (χ4n) is 2.31. The van der Waals surface area contributed by atoms with Gasteiger partial charge in [-0.1, -0.05) is 49.7 Å². The highest BCUT2D eigenvalue weighted by Gasteiger charge is 2.32. The number of benzene rings is 1. The minimum atomic E-state index is -0.420. The Hall–Kier alpha value is -1.09. The Morgan fingerprint density at radius 2 is 1.70 bits per heavy atom. The molecule has 1 rings (SSSR count). The maximum Gasteiger partial charge on any atom is 0.0562 e. The van der Waals surface area contributed by atoms with Crippen molar-refractivity contribution in [3.8, 4) is 0 Å². The van der Waals surface area contributed by atoms with E-state index >= 15 is 0 Å². The standard InChI is InChI=1S/C17H25ClN2/c1-5-11-20(12-6-2)13-17(19,14(3)4)15-7-9-16(18)10-8-15/h5-10,14H,1-2,11-13,19H2,3-4H3. The smallest absolute Gasteiger partial charge is 0.0562 e. The van der Waals surface area contributed by atoms with Crippen molar-refractivity contribution in [1.29, 1.82) is 0 Å². The molecular formula is C17H25ClN2. The molecule has 1 aromatic rings. The van der Waals surface area contributed by atoms with Gasteiger partial charge in [-0.25, -0.2) is 0 Å². The van der Waals surface area contributed by atoms with Gasteiger partial charge in [0.25, 0.3) is 0 Å². The molecule has 0 amide bonds. The first kappa shape index (κ1) is 17.0. The Morgan fingerprint density at radius 3 is 2.10 bits per heavy atom. The lowest BCUT2D eigenvalue weighted by atomic mass is 9.80. The number of hydrogen-bond donors (Lipinski definition) is 1. The van der Waals surface area contributed by atoms with Crippen LogP contribution < -0.4 is 5.73 Å². The zero-order valence-corrected chi connectivity index (χ0v) is 13.2. The lowest BCUT2D eigenvalue weighted by Gasteiger charge is -2.38. The molecule has 1 atom stereocenters. The van der Waals surface area contributed by atoms with Crippen molar-refractivity contribution in [2.45, 2.75) is 19.4 Å². The predicted octanol–water partition coefficient (Wildman–Crippen LogP) is 3.82. The number of nitrogens with two attached hydrogens (primary N) is 1. The quantitative estimate of drug-likeness (QED) is 0.738. The molecule has 0 saturated carbocycles. The molecule has 110 valence electrons. The topological polar surface area (TPSA) is 29.3 Å². The molecule has 1 aromatic carbocycles. The van der Waals surface area contributed by atoms with Gasteiger partial charge in [0.1, 0.15) is 0 Å². The van der Waals surface area contributed by atoms with Crippen molar-refractivity contribution in [3.05, 3.63) is 60.2 Å². The summed E-state index contributed by atoms with van der Waals surface area (Å²) >= 11 is 5.97. The van der Waals surface area contributed by atoms with Crippen LogP contribution in [0.1, 0.15) is 19.4 Å². The van der Waals surface area contributed by atoms with Crippen LogP contribution in [-0.2, 0) is 5.54 Å². The van der Waals surface area contributed by atoms with Gasteiger partial charge in [-0.2, -0.15) is 0 Å². The van der Waals surface area contributed by atoms with Crippen molar-refractivity contribution < 1.29 is 0 Å². The lowest BCUT2D eigenvalue weighted by Crippen LogP contribution is -2.51. The average molecular weight is 293 g/mol. The zero-order chi connectivity index (χ0) is 15.2. The van der Waals surface area contributed by atoms with Crippen LogP contribution in [0.2, 0.25) is 5.02 Å². The van der Waals surface area contributed by atoms with E-state index in [0.29, 0.717) is 5.92 Å². The van der Waals surface area contributed by atoms with Gasteiger partial charge in [0.2, 0.25) is 0 Å². The fraction of sp³-hybridized carbons (Fsp3) is 0.412. The van der Waals surface area contributed by atoms with E-state index in [1.165, 1.54) is 0 Å². The summed E-state index contributed by atoms with van der Waals surface area (Å²) in [6.45, 7) is 14.3. The predicted molar refractivity (Wildman–Crippen MR) is 89.0 cm³/mol. The first-order valence-corrected chi connectivity index (χ1v) is 7.31. The van der Waals surface area contributed by atoms with Crippen LogP contribution in [-0.4, -0.2) is 24.5 Å². The second kappa shape index (κ2) is 7.63. The summed E-state index contributed by atoms with van der Waals surface area (Å²) in [7, 11) is 0.